The first-order chi connectivity index (χ1) is 11.7. The maximum absolute atomic E-state index is 12.9. The Bertz CT molecular complexity index is 533. The second kappa shape index (κ2) is 8.01. The molecule has 2 aliphatic heterocycles. The van der Waals surface area contributed by atoms with Crippen LogP contribution in [-0.4, -0.2) is 69.8 Å². The molecule has 2 aliphatic rings. The fourth-order valence-electron chi connectivity index (χ4n) is 3.87. The number of rotatable bonds is 5. The van der Waals surface area contributed by atoms with Crippen molar-refractivity contribution in [3.63, 3.8) is 0 Å². The normalized spacial score (nSPS) is 21.2. The molecule has 0 spiro atoms. The molecule has 6 heteroatoms. The quantitative estimate of drug-likeness (QED) is 0.830. The van der Waals surface area contributed by atoms with E-state index >= 15 is 0 Å². The van der Waals surface area contributed by atoms with Gasteiger partial charge in [0.15, 0.2) is 0 Å². The molecule has 0 aromatic carbocycles. The Labute approximate surface area is 145 Å². The van der Waals surface area contributed by atoms with Gasteiger partial charge in [-0.1, -0.05) is 13.8 Å². The Hall–Kier alpha value is -1.56. The van der Waals surface area contributed by atoms with Crippen molar-refractivity contribution in [1.29, 1.82) is 0 Å². The molecular weight excluding hydrogens is 302 g/mol. The van der Waals surface area contributed by atoms with E-state index in [0.29, 0.717) is 12.5 Å². The highest BCUT2D eigenvalue weighted by atomic mass is 16.2. The fraction of sp³-hybridized carbons (Fsp3) is 0.778. The van der Waals surface area contributed by atoms with Crippen LogP contribution in [0.5, 0.6) is 0 Å². The van der Waals surface area contributed by atoms with Crippen LogP contribution in [0, 0.1) is 5.92 Å². The van der Waals surface area contributed by atoms with Crippen LogP contribution < -0.4 is 0 Å². The third-order valence-electron chi connectivity index (χ3n) is 5.46. The molecule has 6 nitrogen and oxygen atoms in total. The number of amides is 2. The molecule has 1 aromatic rings. The average Bonchev–Trinajstić information content (AvgIpc) is 3.24. The zero-order valence-corrected chi connectivity index (χ0v) is 15.2. The summed E-state index contributed by atoms with van der Waals surface area (Å²) in [6.07, 6.45) is 5.26. The lowest BCUT2D eigenvalue weighted by atomic mass is 10.0. The second-order valence-electron chi connectivity index (χ2n) is 7.04. The van der Waals surface area contributed by atoms with Crippen molar-refractivity contribution in [2.75, 3.05) is 39.3 Å². The number of hydrogen-bond donors (Lipinski definition) is 0. The molecule has 1 fully saturated rings. The van der Waals surface area contributed by atoms with Crippen molar-refractivity contribution in [1.82, 2.24) is 24.5 Å². The molecule has 0 bridgehead atoms. The van der Waals surface area contributed by atoms with Crippen LogP contribution in [0.25, 0.3) is 0 Å². The topological polar surface area (TPSA) is 44.6 Å². The van der Waals surface area contributed by atoms with E-state index in [2.05, 4.69) is 39.5 Å². The van der Waals surface area contributed by atoms with Gasteiger partial charge in [0.2, 0.25) is 0 Å². The van der Waals surface area contributed by atoms with Gasteiger partial charge in [-0.25, -0.2) is 4.79 Å². The third kappa shape index (κ3) is 3.91. The lowest BCUT2D eigenvalue weighted by molar-refractivity contribution is 0.148. The summed E-state index contributed by atoms with van der Waals surface area (Å²) in [5.41, 5.74) is 1.16. The number of likely N-dealkylation sites (tertiary alicyclic amines) is 1. The maximum atomic E-state index is 12.9. The number of hydrogen-bond acceptors (Lipinski definition) is 3. The van der Waals surface area contributed by atoms with E-state index in [0.717, 1.165) is 70.8 Å². The smallest absolute Gasteiger partial charge is 0.320 e. The number of urea groups is 1. The van der Waals surface area contributed by atoms with E-state index in [-0.39, 0.29) is 6.03 Å². The number of fused-ring (bicyclic) bond motifs is 1. The van der Waals surface area contributed by atoms with Crippen molar-refractivity contribution >= 4 is 6.03 Å². The molecular formula is C18H31N5O. The zero-order valence-electron chi connectivity index (χ0n) is 15.2. The fourth-order valence-corrected chi connectivity index (χ4v) is 3.87. The Balaban J connectivity index is 1.69. The minimum absolute atomic E-state index is 0.218. The van der Waals surface area contributed by atoms with Crippen molar-refractivity contribution in [3.8, 4) is 0 Å². The molecule has 3 heterocycles. The van der Waals surface area contributed by atoms with E-state index < -0.39 is 0 Å². The van der Waals surface area contributed by atoms with Crippen LogP contribution >= 0.6 is 0 Å². The first-order valence-electron chi connectivity index (χ1n) is 9.48. The molecule has 3 rings (SSSR count). The average molecular weight is 333 g/mol. The minimum atomic E-state index is 0.218. The number of carbonyl (C=O) groups is 1. The van der Waals surface area contributed by atoms with Crippen LogP contribution in [0.3, 0.4) is 0 Å². The van der Waals surface area contributed by atoms with Gasteiger partial charge in [0.25, 0.3) is 0 Å². The lowest BCUT2D eigenvalue weighted by Gasteiger charge is -2.29. The predicted octanol–water partition coefficient (Wildman–Crippen LogP) is 2.26. The van der Waals surface area contributed by atoms with Crippen LogP contribution in [0.1, 0.15) is 38.8 Å². The van der Waals surface area contributed by atoms with Gasteiger partial charge in [0, 0.05) is 32.4 Å². The van der Waals surface area contributed by atoms with Crippen LogP contribution in [0.4, 0.5) is 4.79 Å². The SMILES string of the molecule is CCN(CC)CC[C@H]1CN(C(=O)N2CCCC2)Cc2ccnn2C1. The van der Waals surface area contributed by atoms with E-state index in [1.54, 1.807) is 0 Å². The first-order valence-corrected chi connectivity index (χ1v) is 9.48. The van der Waals surface area contributed by atoms with Crippen molar-refractivity contribution in [2.24, 2.45) is 5.92 Å². The minimum Gasteiger partial charge on any atom is -0.325 e. The Morgan fingerprint density at radius 2 is 1.96 bits per heavy atom. The molecule has 0 unspecified atom stereocenters. The molecule has 1 aromatic heterocycles. The zero-order chi connectivity index (χ0) is 16.9. The van der Waals surface area contributed by atoms with E-state index in [9.17, 15) is 4.79 Å². The van der Waals surface area contributed by atoms with Crippen molar-refractivity contribution in [3.05, 3.63) is 18.0 Å². The lowest BCUT2D eigenvalue weighted by Crippen LogP contribution is -2.43. The highest BCUT2D eigenvalue weighted by molar-refractivity contribution is 5.74. The van der Waals surface area contributed by atoms with Crippen LogP contribution in [-0.2, 0) is 13.1 Å². The summed E-state index contributed by atoms with van der Waals surface area (Å²) in [5, 5.41) is 4.48. The summed E-state index contributed by atoms with van der Waals surface area (Å²) in [4.78, 5) is 19.4. The van der Waals surface area contributed by atoms with E-state index in [4.69, 9.17) is 0 Å². The van der Waals surface area contributed by atoms with Gasteiger partial charge >= 0.3 is 6.03 Å². The monoisotopic (exact) mass is 333 g/mol. The molecule has 134 valence electrons. The van der Waals surface area contributed by atoms with Crippen LogP contribution in [0.2, 0.25) is 0 Å². The summed E-state index contributed by atoms with van der Waals surface area (Å²) in [7, 11) is 0. The van der Waals surface area contributed by atoms with Gasteiger partial charge in [0.1, 0.15) is 0 Å². The van der Waals surface area contributed by atoms with Gasteiger partial charge in [-0.3, -0.25) is 4.68 Å². The first kappa shape index (κ1) is 17.3. The molecule has 24 heavy (non-hydrogen) atoms. The largest absolute Gasteiger partial charge is 0.325 e. The molecule has 0 aliphatic carbocycles. The second-order valence-corrected chi connectivity index (χ2v) is 7.04. The summed E-state index contributed by atoms with van der Waals surface area (Å²) in [6.45, 7) is 12.0. The maximum Gasteiger partial charge on any atom is 0.320 e. The molecule has 0 saturated carbocycles. The predicted molar refractivity (Wildman–Crippen MR) is 94.7 cm³/mol. The molecule has 0 N–H and O–H groups in total. The van der Waals surface area contributed by atoms with E-state index in [1.165, 1.54) is 0 Å². The van der Waals surface area contributed by atoms with Gasteiger partial charge in [-0.05, 0) is 50.9 Å². The van der Waals surface area contributed by atoms with Gasteiger partial charge in [0.05, 0.1) is 12.2 Å². The number of carbonyl (C=O) groups excluding carboxylic acids is 1. The number of nitrogens with zero attached hydrogens (tertiary/aromatic N) is 5. The molecule has 1 atom stereocenters. The van der Waals surface area contributed by atoms with Crippen molar-refractivity contribution < 1.29 is 4.79 Å². The molecule has 2 amide bonds. The molecule has 1 saturated heterocycles. The standard InChI is InChI=1S/C18H31N5O/c1-3-20(4-2)12-8-16-13-22(18(24)21-10-5-6-11-21)15-17-7-9-19-23(17)14-16/h7,9,16H,3-6,8,10-15H2,1-2H3/t16-/m0/s1. The Kier molecular flexibility index (Phi) is 5.76. The summed E-state index contributed by atoms with van der Waals surface area (Å²) in [5.74, 6) is 0.471. The highest BCUT2D eigenvalue weighted by Gasteiger charge is 2.29. The highest BCUT2D eigenvalue weighted by Crippen LogP contribution is 2.21. The van der Waals surface area contributed by atoms with Crippen molar-refractivity contribution in [2.45, 2.75) is 46.2 Å². The summed E-state index contributed by atoms with van der Waals surface area (Å²) >= 11 is 0. The van der Waals surface area contributed by atoms with E-state index in [1.807, 2.05) is 11.1 Å². The summed E-state index contributed by atoms with van der Waals surface area (Å²) < 4.78 is 2.10. The third-order valence-corrected chi connectivity index (χ3v) is 5.46. The van der Waals surface area contributed by atoms with Gasteiger partial charge in [-0.15, -0.1) is 0 Å². The van der Waals surface area contributed by atoms with Gasteiger partial charge < -0.3 is 14.7 Å². The Morgan fingerprint density at radius 3 is 2.67 bits per heavy atom. The Morgan fingerprint density at radius 1 is 1.21 bits per heavy atom. The van der Waals surface area contributed by atoms with Gasteiger partial charge in [-0.2, -0.15) is 5.10 Å². The summed E-state index contributed by atoms with van der Waals surface area (Å²) in [6, 6.07) is 2.27. The van der Waals surface area contributed by atoms with Crippen LogP contribution in [0.15, 0.2) is 12.3 Å². The number of aromatic nitrogens is 2. The molecule has 0 radical (unpaired) electrons.